The number of nitrogens with one attached hydrogen (secondary N) is 1. The Morgan fingerprint density at radius 3 is 3.00 bits per heavy atom. The molecule has 0 radical (unpaired) electrons. The lowest BCUT2D eigenvalue weighted by atomic mass is 10.2. The lowest BCUT2D eigenvalue weighted by molar-refractivity contribution is -0.0298. The molecule has 0 aliphatic carbocycles. The molecule has 3 heterocycles. The average molecular weight is 355 g/mol. The molecule has 0 amide bonds. The predicted octanol–water partition coefficient (Wildman–Crippen LogP) is 2.85. The predicted molar refractivity (Wildman–Crippen MR) is 96.1 cm³/mol. The topological polar surface area (TPSA) is 94.3 Å². The Hall–Kier alpha value is -2.87. The summed E-state index contributed by atoms with van der Waals surface area (Å²) in [4.78, 5) is 13.2. The normalized spacial score (nSPS) is 17.3. The molecule has 0 saturated carbocycles. The quantitative estimate of drug-likeness (QED) is 0.727. The molecule has 2 N–H and O–H groups in total. The minimum absolute atomic E-state index is 0.0185. The molecule has 1 saturated heterocycles. The Labute approximate surface area is 150 Å². The molecule has 8 heteroatoms. The van der Waals surface area contributed by atoms with E-state index in [1.807, 2.05) is 10.6 Å². The van der Waals surface area contributed by atoms with Crippen molar-refractivity contribution in [2.45, 2.75) is 32.0 Å². The minimum Gasteiger partial charge on any atom is -0.504 e. The molecule has 4 rings (SSSR count). The summed E-state index contributed by atoms with van der Waals surface area (Å²) in [7, 11) is 1.52. The molecule has 1 aromatic carbocycles. The molecule has 0 spiro atoms. The van der Waals surface area contributed by atoms with Crippen molar-refractivity contribution in [3.05, 3.63) is 36.4 Å². The van der Waals surface area contributed by atoms with Gasteiger partial charge in [-0.15, -0.1) is 0 Å². The second-order valence-electron chi connectivity index (χ2n) is 6.23. The van der Waals surface area contributed by atoms with Crippen molar-refractivity contribution in [2.24, 2.45) is 0 Å². The Morgan fingerprint density at radius 2 is 2.23 bits per heavy atom. The van der Waals surface area contributed by atoms with Crippen LogP contribution in [0.5, 0.6) is 11.5 Å². The zero-order valence-corrected chi connectivity index (χ0v) is 14.6. The number of methoxy groups -OCH3 is 1. The van der Waals surface area contributed by atoms with Crippen LogP contribution in [-0.2, 0) is 11.3 Å². The summed E-state index contributed by atoms with van der Waals surface area (Å²) >= 11 is 0. The maximum atomic E-state index is 9.90. The van der Waals surface area contributed by atoms with Crippen molar-refractivity contribution in [3.8, 4) is 11.5 Å². The largest absolute Gasteiger partial charge is 0.504 e. The van der Waals surface area contributed by atoms with Crippen molar-refractivity contribution in [1.29, 1.82) is 0 Å². The zero-order chi connectivity index (χ0) is 17.9. The third-order valence-electron chi connectivity index (χ3n) is 4.53. The number of imidazole rings is 1. The van der Waals surface area contributed by atoms with Crippen molar-refractivity contribution >= 4 is 17.0 Å². The van der Waals surface area contributed by atoms with E-state index in [4.69, 9.17) is 9.47 Å². The van der Waals surface area contributed by atoms with Gasteiger partial charge in [-0.1, -0.05) is 6.07 Å². The first kappa shape index (κ1) is 16.6. The zero-order valence-electron chi connectivity index (χ0n) is 14.6. The first-order valence-corrected chi connectivity index (χ1v) is 8.65. The van der Waals surface area contributed by atoms with Crippen LogP contribution in [0.2, 0.25) is 0 Å². The van der Waals surface area contributed by atoms with Gasteiger partial charge in [0.25, 0.3) is 0 Å². The molecule has 1 fully saturated rings. The fourth-order valence-corrected chi connectivity index (χ4v) is 3.17. The van der Waals surface area contributed by atoms with Gasteiger partial charge in [0.15, 0.2) is 28.5 Å². The number of benzene rings is 1. The van der Waals surface area contributed by atoms with Gasteiger partial charge in [0.1, 0.15) is 12.6 Å². The molecule has 3 aromatic rings. The molecule has 1 atom stereocenters. The third kappa shape index (κ3) is 3.15. The van der Waals surface area contributed by atoms with Crippen LogP contribution >= 0.6 is 0 Å². The van der Waals surface area contributed by atoms with Crippen LogP contribution in [0.3, 0.4) is 0 Å². The highest BCUT2D eigenvalue weighted by molar-refractivity contribution is 5.82. The Balaban J connectivity index is 1.55. The summed E-state index contributed by atoms with van der Waals surface area (Å²) in [5.41, 5.74) is 2.37. The Bertz CT molecular complexity index is 905. The van der Waals surface area contributed by atoms with E-state index in [1.165, 1.54) is 13.4 Å². The van der Waals surface area contributed by atoms with Gasteiger partial charge in [-0.2, -0.15) is 0 Å². The number of hydrogen-bond acceptors (Lipinski definition) is 7. The average Bonchev–Trinajstić information content (AvgIpc) is 3.12. The van der Waals surface area contributed by atoms with Gasteiger partial charge in [-0.25, -0.2) is 15.0 Å². The van der Waals surface area contributed by atoms with Crippen LogP contribution in [-0.4, -0.2) is 38.3 Å². The molecule has 136 valence electrons. The molecular weight excluding hydrogens is 334 g/mol. The van der Waals surface area contributed by atoms with E-state index in [2.05, 4.69) is 20.3 Å². The smallest absolute Gasteiger partial charge is 0.167 e. The molecule has 26 heavy (non-hydrogen) atoms. The maximum absolute atomic E-state index is 9.90. The van der Waals surface area contributed by atoms with Crippen LogP contribution in [0, 0.1) is 0 Å². The summed E-state index contributed by atoms with van der Waals surface area (Å²) in [6.07, 6.45) is 6.47. The molecule has 1 aliphatic heterocycles. The third-order valence-corrected chi connectivity index (χ3v) is 4.53. The SMILES string of the molecule is COc1ccc(CNc2ncnc3c2ncn3C2CCCCO2)cc1O. The van der Waals surface area contributed by atoms with Crippen LogP contribution in [0.1, 0.15) is 31.1 Å². The van der Waals surface area contributed by atoms with Crippen molar-refractivity contribution < 1.29 is 14.6 Å². The highest BCUT2D eigenvalue weighted by Gasteiger charge is 2.20. The number of anilines is 1. The first-order valence-electron chi connectivity index (χ1n) is 8.65. The van der Waals surface area contributed by atoms with Gasteiger partial charge in [0.2, 0.25) is 0 Å². The molecule has 2 aromatic heterocycles. The van der Waals surface area contributed by atoms with Crippen LogP contribution in [0.15, 0.2) is 30.9 Å². The van der Waals surface area contributed by atoms with Gasteiger partial charge in [-0.3, -0.25) is 4.57 Å². The number of aromatic hydroxyl groups is 1. The second kappa shape index (κ2) is 7.17. The molecular formula is C18H21N5O3. The molecule has 0 bridgehead atoms. The van der Waals surface area contributed by atoms with E-state index in [0.29, 0.717) is 23.6 Å². The van der Waals surface area contributed by atoms with Crippen molar-refractivity contribution in [1.82, 2.24) is 19.5 Å². The highest BCUT2D eigenvalue weighted by atomic mass is 16.5. The number of nitrogens with zero attached hydrogens (tertiary/aromatic N) is 4. The number of phenolic OH excluding ortho intramolecular Hbond substituents is 1. The number of hydrogen-bond donors (Lipinski definition) is 2. The number of fused-ring (bicyclic) bond motifs is 1. The van der Waals surface area contributed by atoms with Gasteiger partial charge < -0.3 is 19.9 Å². The number of aromatic nitrogens is 4. The molecule has 1 aliphatic rings. The molecule has 8 nitrogen and oxygen atoms in total. The van der Waals surface area contributed by atoms with Crippen molar-refractivity contribution in [3.63, 3.8) is 0 Å². The van der Waals surface area contributed by atoms with Gasteiger partial charge in [0, 0.05) is 13.2 Å². The van der Waals surface area contributed by atoms with E-state index >= 15 is 0 Å². The van der Waals surface area contributed by atoms with Gasteiger partial charge in [0.05, 0.1) is 13.4 Å². The van der Waals surface area contributed by atoms with Crippen LogP contribution in [0.4, 0.5) is 5.82 Å². The summed E-state index contributed by atoms with van der Waals surface area (Å²) < 4.78 is 12.9. The Morgan fingerprint density at radius 1 is 1.31 bits per heavy atom. The fourth-order valence-electron chi connectivity index (χ4n) is 3.17. The lowest BCUT2D eigenvalue weighted by Gasteiger charge is -2.23. The maximum Gasteiger partial charge on any atom is 0.167 e. The fraction of sp³-hybridized carbons (Fsp3) is 0.389. The number of phenols is 1. The monoisotopic (exact) mass is 355 g/mol. The summed E-state index contributed by atoms with van der Waals surface area (Å²) in [5, 5.41) is 13.2. The van der Waals surface area contributed by atoms with E-state index in [9.17, 15) is 5.11 Å². The first-order chi connectivity index (χ1) is 12.8. The summed E-state index contributed by atoms with van der Waals surface area (Å²) in [6, 6.07) is 5.29. The Kier molecular flexibility index (Phi) is 4.57. The van der Waals surface area contributed by atoms with E-state index < -0.39 is 0 Å². The van der Waals surface area contributed by atoms with E-state index in [1.54, 1.807) is 18.5 Å². The highest BCUT2D eigenvalue weighted by Crippen LogP contribution is 2.28. The standard InChI is InChI=1S/C18H21N5O3/c1-25-14-6-5-12(8-13(14)24)9-19-17-16-18(21-10-20-17)23(11-22-16)15-4-2-3-7-26-15/h5-6,8,10-11,15,24H,2-4,7,9H2,1H3,(H,19,20,21). The summed E-state index contributed by atoms with van der Waals surface area (Å²) in [6.45, 7) is 1.26. The number of rotatable bonds is 5. The van der Waals surface area contributed by atoms with Gasteiger partial charge in [-0.05, 0) is 37.0 Å². The van der Waals surface area contributed by atoms with Crippen LogP contribution in [0.25, 0.3) is 11.2 Å². The lowest BCUT2D eigenvalue weighted by Crippen LogP contribution is -2.17. The van der Waals surface area contributed by atoms with Gasteiger partial charge >= 0.3 is 0 Å². The van der Waals surface area contributed by atoms with E-state index in [-0.39, 0.29) is 12.0 Å². The number of ether oxygens (including phenoxy) is 2. The minimum atomic E-state index is -0.0185. The molecule has 1 unspecified atom stereocenters. The second-order valence-corrected chi connectivity index (χ2v) is 6.23. The van der Waals surface area contributed by atoms with Crippen LogP contribution < -0.4 is 10.1 Å². The van der Waals surface area contributed by atoms with E-state index in [0.717, 1.165) is 37.1 Å². The van der Waals surface area contributed by atoms with Crippen molar-refractivity contribution in [2.75, 3.05) is 19.0 Å². The summed E-state index contributed by atoms with van der Waals surface area (Å²) in [5.74, 6) is 1.21.